The van der Waals surface area contributed by atoms with E-state index in [2.05, 4.69) is 20.8 Å². The summed E-state index contributed by atoms with van der Waals surface area (Å²) in [7, 11) is 0. The van der Waals surface area contributed by atoms with Crippen molar-refractivity contribution in [3.8, 4) is 0 Å². The maximum Gasteiger partial charge on any atom is 0.293 e. The zero-order chi connectivity index (χ0) is 11.5. The highest BCUT2D eigenvalue weighted by molar-refractivity contribution is 9.10. The Morgan fingerprint density at radius 2 is 2.06 bits per heavy atom. The fourth-order valence-electron chi connectivity index (χ4n) is 1.71. The molecule has 0 saturated carbocycles. The van der Waals surface area contributed by atoms with Crippen LogP contribution in [0.4, 0.5) is 11.4 Å². The first-order valence-corrected chi connectivity index (χ1v) is 6.90. The van der Waals surface area contributed by atoms with Gasteiger partial charge in [-0.2, -0.15) is 11.8 Å². The monoisotopic (exact) mass is 302 g/mol. The summed E-state index contributed by atoms with van der Waals surface area (Å²) in [6.45, 7) is 1.76. The molecule has 1 fully saturated rings. The van der Waals surface area contributed by atoms with Gasteiger partial charge >= 0.3 is 0 Å². The van der Waals surface area contributed by atoms with E-state index in [1.165, 1.54) is 0 Å². The van der Waals surface area contributed by atoms with Crippen molar-refractivity contribution in [2.45, 2.75) is 0 Å². The van der Waals surface area contributed by atoms with Gasteiger partial charge in [-0.25, -0.2) is 0 Å². The van der Waals surface area contributed by atoms with Crippen LogP contribution >= 0.6 is 27.7 Å². The first kappa shape index (κ1) is 11.7. The van der Waals surface area contributed by atoms with E-state index < -0.39 is 0 Å². The van der Waals surface area contributed by atoms with E-state index in [0.717, 1.165) is 34.8 Å². The van der Waals surface area contributed by atoms with Gasteiger partial charge in [-0.15, -0.1) is 0 Å². The Kier molecular flexibility index (Phi) is 3.70. The number of rotatable bonds is 2. The fourth-order valence-corrected chi connectivity index (χ4v) is 2.97. The van der Waals surface area contributed by atoms with E-state index in [1.54, 1.807) is 6.07 Å². The molecular formula is C10H11BrN2O2S. The lowest BCUT2D eigenvalue weighted by Crippen LogP contribution is -2.32. The highest BCUT2D eigenvalue weighted by Crippen LogP contribution is 2.32. The van der Waals surface area contributed by atoms with E-state index in [-0.39, 0.29) is 10.6 Å². The van der Waals surface area contributed by atoms with E-state index >= 15 is 0 Å². The summed E-state index contributed by atoms with van der Waals surface area (Å²) in [6.07, 6.45) is 0. The Hall–Kier alpha value is -0.750. The van der Waals surface area contributed by atoms with E-state index in [4.69, 9.17) is 0 Å². The molecule has 1 aliphatic rings. The third-order valence-corrected chi connectivity index (χ3v) is 3.92. The molecule has 16 heavy (non-hydrogen) atoms. The van der Waals surface area contributed by atoms with Crippen molar-refractivity contribution in [2.24, 2.45) is 0 Å². The SMILES string of the molecule is O=[N+]([O-])c1cc(Br)ccc1N1CCSCC1. The van der Waals surface area contributed by atoms with Crippen molar-refractivity contribution >= 4 is 39.1 Å². The average molecular weight is 303 g/mol. The van der Waals surface area contributed by atoms with Gasteiger partial charge in [0.25, 0.3) is 5.69 Å². The van der Waals surface area contributed by atoms with Gasteiger partial charge in [0.05, 0.1) is 4.92 Å². The summed E-state index contributed by atoms with van der Waals surface area (Å²) in [5.74, 6) is 2.07. The van der Waals surface area contributed by atoms with Crippen LogP contribution in [0.25, 0.3) is 0 Å². The van der Waals surface area contributed by atoms with Gasteiger partial charge in [0.15, 0.2) is 0 Å². The summed E-state index contributed by atoms with van der Waals surface area (Å²) in [5, 5.41) is 11.0. The van der Waals surface area contributed by atoms with Crippen LogP contribution in [0.15, 0.2) is 22.7 Å². The van der Waals surface area contributed by atoms with E-state index in [0.29, 0.717) is 0 Å². The fraction of sp³-hybridized carbons (Fsp3) is 0.400. The number of hydrogen-bond donors (Lipinski definition) is 0. The molecule has 1 aliphatic heterocycles. The summed E-state index contributed by atoms with van der Waals surface area (Å²) < 4.78 is 0.745. The number of anilines is 1. The molecule has 0 atom stereocenters. The maximum atomic E-state index is 11.0. The topological polar surface area (TPSA) is 46.4 Å². The zero-order valence-corrected chi connectivity index (χ0v) is 11.0. The Bertz CT molecular complexity index is 408. The molecule has 0 amide bonds. The molecule has 1 saturated heterocycles. The van der Waals surface area contributed by atoms with Gasteiger partial charge in [-0.3, -0.25) is 10.1 Å². The molecule has 0 N–H and O–H groups in total. The average Bonchev–Trinajstić information content (AvgIpc) is 2.30. The highest BCUT2D eigenvalue weighted by Gasteiger charge is 2.21. The van der Waals surface area contributed by atoms with Crippen LogP contribution in [0.1, 0.15) is 0 Å². The minimum Gasteiger partial charge on any atom is -0.364 e. The molecule has 2 rings (SSSR count). The number of nitro groups is 1. The van der Waals surface area contributed by atoms with Crippen molar-refractivity contribution in [2.75, 3.05) is 29.5 Å². The van der Waals surface area contributed by atoms with Crippen LogP contribution in [-0.4, -0.2) is 29.5 Å². The first-order chi connectivity index (χ1) is 7.68. The predicted molar refractivity (Wildman–Crippen MR) is 70.3 cm³/mol. The molecule has 0 radical (unpaired) electrons. The Morgan fingerprint density at radius 1 is 1.38 bits per heavy atom. The molecule has 1 aromatic carbocycles. The van der Waals surface area contributed by atoms with E-state index in [9.17, 15) is 10.1 Å². The highest BCUT2D eigenvalue weighted by atomic mass is 79.9. The lowest BCUT2D eigenvalue weighted by Gasteiger charge is -2.28. The van der Waals surface area contributed by atoms with Crippen LogP contribution in [0.5, 0.6) is 0 Å². The van der Waals surface area contributed by atoms with Gasteiger partial charge < -0.3 is 4.90 Å². The number of hydrogen-bond acceptors (Lipinski definition) is 4. The Morgan fingerprint density at radius 3 is 2.69 bits per heavy atom. The predicted octanol–water partition coefficient (Wildman–Crippen LogP) is 2.91. The third-order valence-electron chi connectivity index (χ3n) is 2.49. The maximum absolute atomic E-state index is 11.0. The molecule has 4 nitrogen and oxygen atoms in total. The summed E-state index contributed by atoms with van der Waals surface area (Å²) in [4.78, 5) is 12.7. The van der Waals surface area contributed by atoms with Crippen LogP contribution in [0.2, 0.25) is 0 Å². The normalized spacial score (nSPS) is 16.2. The Balaban J connectivity index is 2.34. The standard InChI is InChI=1S/C10H11BrN2O2S/c11-8-1-2-9(10(7-8)13(14)15)12-3-5-16-6-4-12/h1-2,7H,3-6H2. The summed E-state index contributed by atoms with van der Waals surface area (Å²) >= 11 is 5.15. The van der Waals surface area contributed by atoms with Crippen LogP contribution < -0.4 is 4.90 Å². The molecule has 0 unspecified atom stereocenters. The quantitative estimate of drug-likeness (QED) is 0.622. The molecule has 1 heterocycles. The second-order valence-electron chi connectivity index (χ2n) is 3.49. The van der Waals surface area contributed by atoms with Crippen molar-refractivity contribution in [3.05, 3.63) is 32.8 Å². The molecule has 0 spiro atoms. The van der Waals surface area contributed by atoms with Crippen molar-refractivity contribution in [1.82, 2.24) is 0 Å². The zero-order valence-electron chi connectivity index (χ0n) is 8.56. The van der Waals surface area contributed by atoms with Crippen molar-refractivity contribution < 1.29 is 4.92 Å². The number of nitro benzene ring substituents is 1. The number of halogens is 1. The Labute approximate surface area is 106 Å². The third kappa shape index (κ3) is 2.49. The summed E-state index contributed by atoms with van der Waals surface area (Å²) in [5.41, 5.74) is 0.912. The lowest BCUT2D eigenvalue weighted by molar-refractivity contribution is -0.384. The molecule has 1 aromatic rings. The van der Waals surface area contributed by atoms with Gasteiger partial charge in [0, 0.05) is 35.1 Å². The second kappa shape index (κ2) is 5.05. The van der Waals surface area contributed by atoms with Gasteiger partial charge in [-0.05, 0) is 12.1 Å². The van der Waals surface area contributed by atoms with Gasteiger partial charge in [0.1, 0.15) is 5.69 Å². The molecule has 0 aromatic heterocycles. The lowest BCUT2D eigenvalue weighted by atomic mass is 10.2. The minimum absolute atomic E-state index is 0.182. The molecular weight excluding hydrogens is 292 g/mol. The number of thioether (sulfide) groups is 1. The number of nitrogens with zero attached hydrogens (tertiary/aromatic N) is 2. The van der Waals surface area contributed by atoms with Crippen molar-refractivity contribution in [3.63, 3.8) is 0 Å². The van der Waals surface area contributed by atoms with Crippen LogP contribution in [0, 0.1) is 10.1 Å². The van der Waals surface area contributed by atoms with E-state index in [1.807, 2.05) is 23.9 Å². The molecule has 0 bridgehead atoms. The van der Waals surface area contributed by atoms with Crippen molar-refractivity contribution in [1.29, 1.82) is 0 Å². The van der Waals surface area contributed by atoms with Crippen LogP contribution in [0.3, 0.4) is 0 Å². The second-order valence-corrected chi connectivity index (χ2v) is 5.63. The van der Waals surface area contributed by atoms with Gasteiger partial charge in [-0.1, -0.05) is 15.9 Å². The molecule has 6 heteroatoms. The molecule has 0 aliphatic carbocycles. The largest absolute Gasteiger partial charge is 0.364 e. The molecule has 86 valence electrons. The minimum atomic E-state index is -0.318. The van der Waals surface area contributed by atoms with Crippen LogP contribution in [-0.2, 0) is 0 Å². The number of benzene rings is 1. The summed E-state index contributed by atoms with van der Waals surface area (Å²) in [6, 6.07) is 5.24. The first-order valence-electron chi connectivity index (χ1n) is 4.95. The van der Waals surface area contributed by atoms with Gasteiger partial charge in [0.2, 0.25) is 0 Å². The smallest absolute Gasteiger partial charge is 0.293 e.